The number of nitrogens with one attached hydrogen (secondary N) is 1. The zero-order valence-electron chi connectivity index (χ0n) is 50.4. The number of carbonyl (C=O) groups excluding carboxylic acids is 2. The number of esters is 1. The second-order valence-electron chi connectivity index (χ2n) is 23.5. The first kappa shape index (κ1) is 72.6. The van der Waals surface area contributed by atoms with Crippen LogP contribution >= 0.6 is 0 Å². The summed E-state index contributed by atoms with van der Waals surface area (Å²) in [6.07, 6.45) is 78.1. The molecule has 440 valence electrons. The van der Waals surface area contributed by atoms with Gasteiger partial charge in [0.1, 0.15) is 0 Å². The molecule has 0 saturated heterocycles. The summed E-state index contributed by atoms with van der Waals surface area (Å²) in [4.78, 5) is 24.6. The number of amides is 1. The minimum atomic E-state index is -0.668. The maximum absolute atomic E-state index is 12.5. The number of rotatable bonds is 64. The molecule has 0 aliphatic rings. The Labute approximate surface area is 463 Å². The van der Waals surface area contributed by atoms with Gasteiger partial charge < -0.3 is 20.3 Å². The van der Waals surface area contributed by atoms with Crippen molar-refractivity contribution in [2.24, 2.45) is 0 Å². The lowest BCUT2D eigenvalue weighted by atomic mass is 10.0. The molecule has 0 saturated carbocycles. The van der Waals surface area contributed by atoms with Crippen molar-refractivity contribution >= 4 is 11.9 Å². The second kappa shape index (κ2) is 64.1. The molecule has 0 heterocycles. The fraction of sp³-hybridized carbons (Fsp3) is 0.941. The summed E-state index contributed by atoms with van der Waals surface area (Å²) < 4.78 is 5.51. The van der Waals surface area contributed by atoms with Crippen LogP contribution in [-0.4, -0.2) is 47.4 Å². The largest absolute Gasteiger partial charge is 0.466 e. The van der Waals surface area contributed by atoms with Crippen LogP contribution in [0.2, 0.25) is 0 Å². The topological polar surface area (TPSA) is 95.9 Å². The molecule has 0 rings (SSSR count). The average molecular weight is 1040 g/mol. The lowest BCUT2D eigenvalue weighted by Crippen LogP contribution is -2.45. The van der Waals surface area contributed by atoms with Crippen molar-refractivity contribution in [2.45, 2.75) is 398 Å². The molecule has 2 atom stereocenters. The SMILES string of the molecule is CCCCCCCCCCCCCCCCCCCCC(=O)OCCCCCCCCCCCCCC/C=C\CCCCCCCCCC(=O)NC(CO)C(O)CCCCCCCCCCCCCCCCCC. The predicted molar refractivity (Wildman–Crippen MR) is 324 cm³/mol. The number of ether oxygens (including phenoxy) is 1. The zero-order valence-corrected chi connectivity index (χ0v) is 50.4. The van der Waals surface area contributed by atoms with Crippen molar-refractivity contribution in [3.05, 3.63) is 12.2 Å². The van der Waals surface area contributed by atoms with Crippen LogP contribution in [0.1, 0.15) is 386 Å². The molecule has 2 unspecified atom stereocenters. The van der Waals surface area contributed by atoms with Crippen molar-refractivity contribution < 1.29 is 24.5 Å². The van der Waals surface area contributed by atoms with Crippen molar-refractivity contribution in [3.63, 3.8) is 0 Å². The fourth-order valence-electron chi connectivity index (χ4n) is 10.9. The molecule has 0 radical (unpaired) electrons. The van der Waals surface area contributed by atoms with Crippen LogP contribution in [-0.2, 0) is 14.3 Å². The third-order valence-corrected chi connectivity index (χ3v) is 16.1. The Bertz CT molecular complexity index is 1110. The minimum Gasteiger partial charge on any atom is -0.466 e. The first-order valence-electron chi connectivity index (χ1n) is 33.9. The van der Waals surface area contributed by atoms with E-state index in [1.54, 1.807) is 0 Å². The number of hydrogen-bond donors (Lipinski definition) is 3. The van der Waals surface area contributed by atoms with Crippen LogP contribution in [0, 0.1) is 0 Å². The van der Waals surface area contributed by atoms with Crippen LogP contribution in [0.5, 0.6) is 0 Å². The standard InChI is InChI=1S/C68H133NO5/c1-3-5-7-9-11-13-15-17-19-21-30-34-38-42-46-50-54-58-62-68(73)74-63-59-55-51-47-43-39-35-31-28-26-24-22-23-25-27-29-33-37-41-45-49-53-57-61-67(72)69-65(64-70)66(71)60-56-52-48-44-40-36-32-20-18-16-14-12-10-8-6-4-2/h25,27,65-66,70-71H,3-24,26,28-64H2,1-2H3,(H,69,72)/b27-25-. The first-order valence-corrected chi connectivity index (χ1v) is 33.9. The summed E-state index contributed by atoms with van der Waals surface area (Å²) in [6, 6.07) is -0.545. The summed E-state index contributed by atoms with van der Waals surface area (Å²) in [5, 5.41) is 23.3. The van der Waals surface area contributed by atoms with Gasteiger partial charge in [0.05, 0.1) is 25.4 Å². The van der Waals surface area contributed by atoms with E-state index >= 15 is 0 Å². The van der Waals surface area contributed by atoms with E-state index in [1.165, 1.54) is 315 Å². The van der Waals surface area contributed by atoms with Gasteiger partial charge in [-0.25, -0.2) is 0 Å². The Kier molecular flexibility index (Phi) is 62.9. The highest BCUT2D eigenvalue weighted by molar-refractivity contribution is 5.76. The highest BCUT2D eigenvalue weighted by Gasteiger charge is 2.20. The number of carbonyl (C=O) groups is 2. The van der Waals surface area contributed by atoms with E-state index in [1.807, 2.05) is 0 Å². The van der Waals surface area contributed by atoms with Crippen LogP contribution in [0.4, 0.5) is 0 Å². The zero-order chi connectivity index (χ0) is 53.6. The van der Waals surface area contributed by atoms with Gasteiger partial charge in [-0.3, -0.25) is 9.59 Å². The molecule has 0 aliphatic heterocycles. The van der Waals surface area contributed by atoms with E-state index in [9.17, 15) is 19.8 Å². The van der Waals surface area contributed by atoms with Gasteiger partial charge in [0, 0.05) is 12.8 Å². The summed E-state index contributed by atoms with van der Waals surface area (Å²) in [7, 11) is 0. The van der Waals surface area contributed by atoms with Gasteiger partial charge in [0.2, 0.25) is 5.91 Å². The van der Waals surface area contributed by atoms with Crippen LogP contribution < -0.4 is 5.32 Å². The van der Waals surface area contributed by atoms with Gasteiger partial charge in [-0.1, -0.05) is 334 Å². The third kappa shape index (κ3) is 59.8. The summed E-state index contributed by atoms with van der Waals surface area (Å²) in [5.74, 6) is -0.0211. The molecule has 6 heteroatoms. The van der Waals surface area contributed by atoms with Crippen molar-refractivity contribution in [1.82, 2.24) is 5.32 Å². The van der Waals surface area contributed by atoms with Crippen molar-refractivity contribution in [3.8, 4) is 0 Å². The average Bonchev–Trinajstić information content (AvgIpc) is 3.40. The first-order chi connectivity index (χ1) is 36.5. The molecule has 0 aromatic heterocycles. The van der Waals surface area contributed by atoms with Crippen LogP contribution in [0.3, 0.4) is 0 Å². The summed E-state index contributed by atoms with van der Waals surface area (Å²) >= 11 is 0. The summed E-state index contributed by atoms with van der Waals surface area (Å²) in [6.45, 7) is 4.99. The van der Waals surface area contributed by atoms with Gasteiger partial charge in [0.25, 0.3) is 0 Å². The molecule has 0 aromatic carbocycles. The third-order valence-electron chi connectivity index (χ3n) is 16.1. The fourth-order valence-corrected chi connectivity index (χ4v) is 10.9. The van der Waals surface area contributed by atoms with E-state index < -0.39 is 12.1 Å². The molecular formula is C68H133NO5. The monoisotopic (exact) mass is 1040 g/mol. The molecule has 0 aliphatic carbocycles. The van der Waals surface area contributed by atoms with E-state index in [-0.39, 0.29) is 18.5 Å². The normalized spacial score (nSPS) is 12.5. The van der Waals surface area contributed by atoms with E-state index in [4.69, 9.17) is 4.74 Å². The maximum Gasteiger partial charge on any atom is 0.305 e. The highest BCUT2D eigenvalue weighted by Crippen LogP contribution is 2.19. The minimum absolute atomic E-state index is 0.0169. The van der Waals surface area contributed by atoms with Crippen molar-refractivity contribution in [1.29, 1.82) is 0 Å². The van der Waals surface area contributed by atoms with Gasteiger partial charge >= 0.3 is 5.97 Å². The van der Waals surface area contributed by atoms with Crippen LogP contribution in [0.15, 0.2) is 12.2 Å². The lowest BCUT2D eigenvalue weighted by Gasteiger charge is -2.22. The Morgan fingerprint density at radius 1 is 0.365 bits per heavy atom. The predicted octanol–water partition coefficient (Wildman–Crippen LogP) is 21.6. The molecular weight excluding hydrogens is 911 g/mol. The molecule has 74 heavy (non-hydrogen) atoms. The van der Waals surface area contributed by atoms with E-state index in [0.29, 0.717) is 25.9 Å². The second-order valence-corrected chi connectivity index (χ2v) is 23.5. The number of allylic oxidation sites excluding steroid dienone is 2. The quantitative estimate of drug-likeness (QED) is 0.0320. The van der Waals surface area contributed by atoms with Gasteiger partial charge in [0.15, 0.2) is 0 Å². The number of aliphatic hydroxyl groups excluding tert-OH is 2. The van der Waals surface area contributed by atoms with Gasteiger partial charge in [-0.2, -0.15) is 0 Å². The lowest BCUT2D eigenvalue weighted by molar-refractivity contribution is -0.143. The molecule has 0 fully saturated rings. The van der Waals surface area contributed by atoms with Gasteiger partial charge in [-0.15, -0.1) is 0 Å². The van der Waals surface area contributed by atoms with E-state index in [2.05, 4.69) is 31.3 Å². The Hall–Kier alpha value is -1.40. The molecule has 3 N–H and O–H groups in total. The number of unbranched alkanes of at least 4 members (excludes halogenated alkanes) is 51. The van der Waals surface area contributed by atoms with Crippen molar-refractivity contribution in [2.75, 3.05) is 13.2 Å². The molecule has 1 amide bonds. The summed E-state index contributed by atoms with van der Waals surface area (Å²) in [5.41, 5.74) is 0. The smallest absolute Gasteiger partial charge is 0.305 e. The number of aliphatic hydroxyl groups is 2. The van der Waals surface area contributed by atoms with Crippen LogP contribution in [0.25, 0.3) is 0 Å². The number of hydrogen-bond acceptors (Lipinski definition) is 5. The molecule has 0 bridgehead atoms. The Balaban J connectivity index is 3.38. The maximum atomic E-state index is 12.5. The highest BCUT2D eigenvalue weighted by atomic mass is 16.5. The Morgan fingerprint density at radius 3 is 0.959 bits per heavy atom. The molecule has 0 spiro atoms. The molecule has 6 nitrogen and oxygen atoms in total. The van der Waals surface area contributed by atoms with E-state index in [0.717, 1.165) is 38.5 Å². The Morgan fingerprint density at radius 2 is 0.635 bits per heavy atom. The van der Waals surface area contributed by atoms with Gasteiger partial charge in [-0.05, 0) is 51.4 Å². The molecule has 0 aromatic rings.